The molecule has 186 valence electrons. The monoisotopic (exact) mass is 496 g/mol. The summed E-state index contributed by atoms with van der Waals surface area (Å²) in [5.41, 5.74) is 9.10. The van der Waals surface area contributed by atoms with Crippen molar-refractivity contribution in [2.45, 2.75) is 26.4 Å². The minimum atomic E-state index is -0.682. The first-order valence-corrected chi connectivity index (χ1v) is 11.7. The van der Waals surface area contributed by atoms with Crippen LogP contribution in [0, 0.1) is 5.82 Å². The van der Waals surface area contributed by atoms with Crippen molar-refractivity contribution in [3.63, 3.8) is 0 Å². The number of hydrogen-bond donors (Lipinski definition) is 2. The van der Waals surface area contributed by atoms with Crippen LogP contribution >= 0.6 is 0 Å². The fourth-order valence-electron chi connectivity index (χ4n) is 3.93. The van der Waals surface area contributed by atoms with Crippen LogP contribution in [0.1, 0.15) is 20.8 Å². The van der Waals surface area contributed by atoms with E-state index in [1.54, 1.807) is 55.8 Å². The Morgan fingerprint density at radius 1 is 1.00 bits per heavy atom. The molecule has 0 aliphatic carbocycles. The molecule has 0 aliphatic heterocycles. The second-order valence-electron chi connectivity index (χ2n) is 9.41. The highest BCUT2D eigenvalue weighted by Gasteiger charge is 2.22. The summed E-state index contributed by atoms with van der Waals surface area (Å²) >= 11 is 0. The summed E-state index contributed by atoms with van der Waals surface area (Å²) in [6.45, 7) is 5.26. The molecule has 0 atom stereocenters. The number of nitrogens with zero attached hydrogens (tertiary/aromatic N) is 4. The van der Waals surface area contributed by atoms with Crippen molar-refractivity contribution < 1.29 is 13.9 Å². The molecule has 3 heterocycles. The fraction of sp³-hybridized carbons (Fsp3) is 0.143. The van der Waals surface area contributed by atoms with E-state index in [1.807, 2.05) is 42.5 Å². The number of halogens is 1. The highest BCUT2D eigenvalue weighted by molar-refractivity contribution is 5.86. The average Bonchev–Trinajstić information content (AvgIpc) is 3.22. The van der Waals surface area contributed by atoms with Gasteiger partial charge in [-0.15, -0.1) is 0 Å². The second-order valence-corrected chi connectivity index (χ2v) is 9.41. The lowest BCUT2D eigenvalue weighted by atomic mass is 10.1. The smallest absolute Gasteiger partial charge is 0.412 e. The minimum Gasteiger partial charge on any atom is -0.444 e. The maximum atomic E-state index is 15.6. The summed E-state index contributed by atoms with van der Waals surface area (Å²) in [4.78, 5) is 25.9. The topological polar surface area (TPSA) is 108 Å². The first-order valence-electron chi connectivity index (χ1n) is 11.7. The Morgan fingerprint density at radius 2 is 1.78 bits per heavy atom. The van der Waals surface area contributed by atoms with E-state index < -0.39 is 17.5 Å². The summed E-state index contributed by atoms with van der Waals surface area (Å²) < 4.78 is 22.5. The minimum absolute atomic E-state index is 0.188. The molecule has 9 heteroatoms. The molecule has 3 N–H and O–H groups in total. The largest absolute Gasteiger partial charge is 0.444 e. The molecule has 0 saturated heterocycles. The molecule has 0 radical (unpaired) electrons. The SMILES string of the molecule is CC(C)(C)OC(=O)Nc1ccc(-n2c(-c3cccnc3N)nc3ccc(-c4ccccc4)nc32)c(F)c1. The second kappa shape index (κ2) is 9.34. The first kappa shape index (κ1) is 23.9. The van der Waals surface area contributed by atoms with Crippen LogP contribution in [0.4, 0.5) is 20.7 Å². The predicted octanol–water partition coefficient (Wildman–Crippen LogP) is 6.22. The van der Waals surface area contributed by atoms with E-state index in [4.69, 9.17) is 20.4 Å². The molecule has 8 nitrogen and oxygen atoms in total. The molecular formula is C28H25FN6O2. The van der Waals surface area contributed by atoms with Crippen LogP contribution in [0.2, 0.25) is 0 Å². The number of nitrogens with one attached hydrogen (secondary N) is 1. The van der Waals surface area contributed by atoms with Crippen molar-refractivity contribution in [3.8, 4) is 28.3 Å². The Morgan fingerprint density at radius 3 is 2.49 bits per heavy atom. The number of ether oxygens (including phenoxy) is 1. The number of carbonyl (C=O) groups excluding carboxylic acids is 1. The number of imidazole rings is 1. The van der Waals surface area contributed by atoms with E-state index in [0.717, 1.165) is 5.56 Å². The van der Waals surface area contributed by atoms with Gasteiger partial charge < -0.3 is 10.5 Å². The molecule has 0 spiro atoms. The number of rotatable bonds is 4. The fourth-order valence-corrected chi connectivity index (χ4v) is 3.93. The maximum absolute atomic E-state index is 15.6. The lowest BCUT2D eigenvalue weighted by molar-refractivity contribution is 0.0636. The zero-order chi connectivity index (χ0) is 26.2. The third-order valence-electron chi connectivity index (χ3n) is 5.49. The molecule has 5 rings (SSSR count). The van der Waals surface area contributed by atoms with Gasteiger partial charge in [0.25, 0.3) is 0 Å². The van der Waals surface area contributed by atoms with Gasteiger partial charge in [0.05, 0.1) is 16.9 Å². The quantitative estimate of drug-likeness (QED) is 0.306. The number of nitrogen functional groups attached to an aromatic ring is 1. The molecule has 2 aromatic carbocycles. The van der Waals surface area contributed by atoms with E-state index in [9.17, 15) is 4.79 Å². The van der Waals surface area contributed by atoms with Gasteiger partial charge >= 0.3 is 6.09 Å². The Hall–Kier alpha value is -4.79. The number of anilines is 2. The van der Waals surface area contributed by atoms with Crippen LogP contribution in [-0.4, -0.2) is 31.2 Å². The number of hydrogen-bond acceptors (Lipinski definition) is 6. The van der Waals surface area contributed by atoms with Crippen molar-refractivity contribution in [2.24, 2.45) is 0 Å². The standard InChI is InChI=1S/C28H25FN6O2/c1-28(2,3)37-27(36)32-18-11-14-23(20(29)16-18)35-25(19-10-7-15-31-24(19)30)34-22-13-12-21(33-26(22)35)17-8-5-4-6-9-17/h4-16H,1-3H3,(H2,30,31)(H,32,36). The van der Waals surface area contributed by atoms with Crippen LogP contribution in [-0.2, 0) is 4.74 Å². The number of amides is 1. The highest BCUT2D eigenvalue weighted by Crippen LogP contribution is 2.33. The van der Waals surface area contributed by atoms with Gasteiger partial charge in [-0.05, 0) is 63.2 Å². The van der Waals surface area contributed by atoms with Crippen LogP contribution in [0.15, 0.2) is 79.0 Å². The molecule has 1 amide bonds. The average molecular weight is 497 g/mol. The van der Waals surface area contributed by atoms with E-state index in [-0.39, 0.29) is 17.2 Å². The molecule has 0 bridgehead atoms. The van der Waals surface area contributed by atoms with Gasteiger partial charge in [-0.2, -0.15) is 0 Å². The Balaban J connectivity index is 1.66. The Labute approximate surface area is 213 Å². The summed E-state index contributed by atoms with van der Waals surface area (Å²) in [5.74, 6) is 0.0551. The van der Waals surface area contributed by atoms with Gasteiger partial charge in [-0.1, -0.05) is 30.3 Å². The van der Waals surface area contributed by atoms with Gasteiger partial charge in [0.15, 0.2) is 11.5 Å². The predicted molar refractivity (Wildman–Crippen MR) is 142 cm³/mol. The van der Waals surface area contributed by atoms with Gasteiger partial charge in [0, 0.05) is 17.4 Å². The van der Waals surface area contributed by atoms with Crippen molar-refractivity contribution in [3.05, 3.63) is 84.8 Å². The highest BCUT2D eigenvalue weighted by atomic mass is 19.1. The lowest BCUT2D eigenvalue weighted by Gasteiger charge is -2.20. The number of pyridine rings is 2. The summed E-state index contributed by atoms with van der Waals surface area (Å²) in [5, 5.41) is 2.56. The van der Waals surface area contributed by atoms with E-state index >= 15 is 4.39 Å². The first-order chi connectivity index (χ1) is 17.7. The molecular weight excluding hydrogens is 471 g/mol. The molecule has 3 aromatic heterocycles. The van der Waals surface area contributed by atoms with Crippen molar-refractivity contribution in [1.82, 2.24) is 19.5 Å². The van der Waals surface area contributed by atoms with Crippen LogP contribution < -0.4 is 11.1 Å². The molecule has 0 unspecified atom stereocenters. The van der Waals surface area contributed by atoms with Crippen LogP contribution in [0.3, 0.4) is 0 Å². The van der Waals surface area contributed by atoms with Crippen molar-refractivity contribution in [1.29, 1.82) is 0 Å². The Bertz CT molecular complexity index is 1610. The van der Waals surface area contributed by atoms with E-state index in [2.05, 4.69) is 10.3 Å². The van der Waals surface area contributed by atoms with Gasteiger partial charge in [-0.3, -0.25) is 9.88 Å². The van der Waals surface area contributed by atoms with Gasteiger partial charge in [0.1, 0.15) is 22.8 Å². The summed E-state index contributed by atoms with van der Waals surface area (Å²) in [7, 11) is 0. The third-order valence-corrected chi connectivity index (χ3v) is 5.49. The van der Waals surface area contributed by atoms with Crippen molar-refractivity contribution in [2.75, 3.05) is 11.1 Å². The zero-order valence-electron chi connectivity index (χ0n) is 20.6. The molecule has 5 aromatic rings. The molecule has 0 fully saturated rings. The van der Waals surface area contributed by atoms with Gasteiger partial charge in [-0.25, -0.2) is 24.1 Å². The number of fused-ring (bicyclic) bond motifs is 1. The lowest BCUT2D eigenvalue weighted by Crippen LogP contribution is -2.27. The maximum Gasteiger partial charge on any atom is 0.412 e. The number of nitrogens with two attached hydrogens (primary N) is 1. The third kappa shape index (κ3) is 4.97. The van der Waals surface area contributed by atoms with E-state index in [1.165, 1.54) is 6.07 Å². The van der Waals surface area contributed by atoms with Crippen LogP contribution in [0.5, 0.6) is 0 Å². The number of benzene rings is 2. The van der Waals surface area contributed by atoms with Gasteiger partial charge in [0.2, 0.25) is 0 Å². The Kier molecular flexibility index (Phi) is 6.04. The summed E-state index contributed by atoms with van der Waals surface area (Å²) in [6.07, 6.45) is 0.903. The number of aromatic nitrogens is 4. The molecule has 0 saturated carbocycles. The van der Waals surface area contributed by atoms with E-state index in [0.29, 0.717) is 28.2 Å². The molecule has 0 aliphatic rings. The van der Waals surface area contributed by atoms with Crippen LogP contribution in [0.25, 0.3) is 39.5 Å². The number of carbonyl (C=O) groups is 1. The molecule has 37 heavy (non-hydrogen) atoms. The zero-order valence-corrected chi connectivity index (χ0v) is 20.6. The normalized spacial score (nSPS) is 11.5. The van der Waals surface area contributed by atoms with Crippen molar-refractivity contribution >= 4 is 28.8 Å². The summed E-state index contributed by atoms with van der Waals surface area (Å²) in [6, 6.07) is 21.3.